The Balaban J connectivity index is 0. The Morgan fingerprint density at radius 2 is 1.18 bits per heavy atom. The van der Waals surface area contributed by atoms with Gasteiger partial charge in [-0.15, -0.1) is 0 Å². The third-order valence-electron chi connectivity index (χ3n) is 3.07. The van der Waals surface area contributed by atoms with Gasteiger partial charge >= 0.3 is 102 Å². The minimum atomic E-state index is -3.25. The molecule has 0 unspecified atom stereocenters. The molecule has 0 atom stereocenters. The first-order valence-corrected chi connectivity index (χ1v) is 18.7. The zero-order chi connectivity index (χ0) is 17.3. The van der Waals surface area contributed by atoms with E-state index in [1.807, 2.05) is 0 Å². The van der Waals surface area contributed by atoms with E-state index in [0.717, 1.165) is 0 Å². The molecule has 0 saturated heterocycles. The van der Waals surface area contributed by atoms with Gasteiger partial charge in [0.1, 0.15) is 0 Å². The van der Waals surface area contributed by atoms with Crippen molar-refractivity contribution in [1.82, 2.24) is 0 Å². The van der Waals surface area contributed by atoms with Crippen LogP contribution in [0.5, 0.6) is 0 Å². The molecule has 0 rings (SSSR count). The van der Waals surface area contributed by atoms with Gasteiger partial charge in [-0.05, 0) is 20.8 Å². The second kappa shape index (κ2) is 18.9. The summed E-state index contributed by atoms with van der Waals surface area (Å²) in [7, 11) is -3.25. The van der Waals surface area contributed by atoms with Crippen molar-refractivity contribution in [2.24, 2.45) is 0 Å². The molecule has 0 fully saturated rings. The van der Waals surface area contributed by atoms with Crippen LogP contribution in [0.1, 0.15) is 60.3 Å². The molecule has 5 nitrogen and oxygen atoms in total. The maximum Gasteiger partial charge on any atom is 0.676 e. The fraction of sp³-hybridized carbons (Fsp3) is 1.00. The van der Waals surface area contributed by atoms with Crippen molar-refractivity contribution in [3.63, 3.8) is 0 Å². The van der Waals surface area contributed by atoms with Crippen molar-refractivity contribution < 1.29 is 19.5 Å². The fourth-order valence-electron chi connectivity index (χ4n) is 1.92. The van der Waals surface area contributed by atoms with Gasteiger partial charge in [0.05, 0.1) is 0 Å². The first-order chi connectivity index (χ1) is 10.5. The third-order valence-corrected chi connectivity index (χ3v) is 25.7. The third kappa shape index (κ3) is 16.5. The molecule has 22 heavy (non-hydrogen) atoms. The van der Waals surface area contributed by atoms with Gasteiger partial charge in [-0.2, -0.15) is 0 Å². The van der Waals surface area contributed by atoms with Gasteiger partial charge in [0.2, 0.25) is 0 Å². The minimum Gasteiger partial charge on any atom is -0.367 e. The molecule has 0 spiro atoms. The molecule has 0 aromatic carbocycles. The molecule has 0 heterocycles. The van der Waals surface area contributed by atoms with Crippen molar-refractivity contribution >= 4 is 52.2 Å². The molecular weight excluding hydrogens is 514 g/mol. The van der Waals surface area contributed by atoms with Crippen LogP contribution in [-0.2, 0) is 14.7 Å². The predicted molar refractivity (Wildman–Crippen MR) is 100 cm³/mol. The fourth-order valence-corrected chi connectivity index (χ4v) is 19.4. The average Bonchev–Trinajstić information content (AvgIpc) is 2.49. The molecule has 0 bridgehead atoms. The standard InChI is InChI=1S/C6H16O4Si.2C4H9.O.2Sn.4H/c1-4-8-11(7,9-5-2)10-6-3;2*1-3-4-2;;;;;;;/h7H,4-6H2,1-3H3;2*1,3-4H2,2H3;;;;;;;. The summed E-state index contributed by atoms with van der Waals surface area (Å²) >= 11 is -0.780. The maximum atomic E-state index is 9.48. The van der Waals surface area contributed by atoms with E-state index < -0.39 is 29.2 Å². The van der Waals surface area contributed by atoms with Crippen LogP contribution in [0.2, 0.25) is 8.87 Å². The predicted octanol–water partition coefficient (Wildman–Crippen LogP) is 2.13. The summed E-state index contributed by atoms with van der Waals surface area (Å²) in [6.07, 6.45) is 5.59. The molecule has 0 saturated carbocycles. The van der Waals surface area contributed by atoms with Crippen molar-refractivity contribution in [2.45, 2.75) is 69.2 Å². The Kier molecular flexibility index (Phi) is 22.3. The van der Waals surface area contributed by atoms with E-state index in [4.69, 9.17) is 14.7 Å². The quantitative estimate of drug-likeness (QED) is 0.356. The van der Waals surface area contributed by atoms with Gasteiger partial charge in [-0.3, -0.25) is 0 Å². The largest absolute Gasteiger partial charge is 0.676 e. The number of hydrogen-bond acceptors (Lipinski definition) is 5. The summed E-state index contributed by atoms with van der Waals surface area (Å²) in [6.45, 7) is 11.1. The number of hydrogen-bond donors (Lipinski definition) is 1. The van der Waals surface area contributed by atoms with E-state index in [0.29, 0.717) is 42.8 Å². The molecule has 0 amide bonds. The second-order valence-electron chi connectivity index (χ2n) is 4.97. The molecule has 8 heteroatoms. The van der Waals surface area contributed by atoms with Crippen LogP contribution in [0.3, 0.4) is 0 Å². The maximum absolute atomic E-state index is 9.48. The number of rotatable bonds is 13. The van der Waals surface area contributed by atoms with Gasteiger partial charge in [0.15, 0.2) is 0 Å². The Bertz CT molecular complexity index is 200. The van der Waals surface area contributed by atoms with Gasteiger partial charge in [-0.1, -0.05) is 0 Å². The molecular formula is C14H38O5SiSn2. The van der Waals surface area contributed by atoms with Crippen LogP contribution < -0.4 is 0 Å². The zero-order valence-corrected chi connectivity index (χ0v) is 25.5. The summed E-state index contributed by atoms with van der Waals surface area (Å²) < 4.78 is 23.7. The van der Waals surface area contributed by atoms with Crippen LogP contribution in [0.4, 0.5) is 0 Å². The smallest absolute Gasteiger partial charge is 0.367 e. The van der Waals surface area contributed by atoms with E-state index >= 15 is 0 Å². The van der Waals surface area contributed by atoms with Crippen LogP contribution in [-0.4, -0.2) is 76.8 Å². The summed E-state index contributed by atoms with van der Waals surface area (Å²) in [6, 6.07) is 0. The topological polar surface area (TPSA) is 57.2 Å². The van der Waals surface area contributed by atoms with Gasteiger partial charge in [0.25, 0.3) is 0 Å². The van der Waals surface area contributed by atoms with Crippen LogP contribution in [0.15, 0.2) is 0 Å². The van der Waals surface area contributed by atoms with Gasteiger partial charge in [0, 0.05) is 19.8 Å². The van der Waals surface area contributed by atoms with Crippen LogP contribution >= 0.6 is 0 Å². The normalized spacial score (nSPS) is 11.6. The first kappa shape index (κ1) is 25.8. The van der Waals surface area contributed by atoms with Crippen molar-refractivity contribution in [3.05, 3.63) is 0 Å². The molecule has 0 aromatic heterocycles. The summed E-state index contributed by atoms with van der Waals surface area (Å²) in [5.74, 6) is 0. The molecule has 0 aliphatic rings. The molecule has 1 N–H and O–H groups in total. The van der Waals surface area contributed by atoms with Crippen LogP contribution in [0.25, 0.3) is 0 Å². The Labute approximate surface area is 159 Å². The monoisotopic (exact) mass is 554 g/mol. The van der Waals surface area contributed by atoms with Gasteiger partial charge in [-0.25, -0.2) is 0 Å². The van der Waals surface area contributed by atoms with E-state index in [-0.39, 0.29) is 0 Å². The summed E-state index contributed by atoms with van der Waals surface area (Å²) in [4.78, 5) is 9.48. The average molecular weight is 552 g/mol. The Hall–Kier alpha value is 1.61. The van der Waals surface area contributed by atoms with Crippen molar-refractivity contribution in [1.29, 1.82) is 0 Å². The van der Waals surface area contributed by atoms with E-state index in [1.54, 1.807) is 20.8 Å². The summed E-state index contributed by atoms with van der Waals surface area (Å²) in [5, 5.41) is 0. The van der Waals surface area contributed by atoms with E-state index in [9.17, 15) is 4.80 Å². The molecule has 0 aliphatic heterocycles. The van der Waals surface area contributed by atoms with Crippen molar-refractivity contribution in [3.8, 4) is 0 Å². The zero-order valence-electron chi connectivity index (χ0n) is 15.5. The van der Waals surface area contributed by atoms with E-state index in [1.165, 1.54) is 34.6 Å². The molecule has 0 radical (unpaired) electrons. The Morgan fingerprint density at radius 1 is 0.818 bits per heavy atom. The van der Waals surface area contributed by atoms with Crippen LogP contribution in [0, 0.1) is 0 Å². The second-order valence-corrected chi connectivity index (χ2v) is 24.1. The van der Waals surface area contributed by atoms with Gasteiger partial charge < -0.3 is 18.1 Å². The molecule has 0 aliphatic carbocycles. The first-order valence-electron chi connectivity index (χ1n) is 8.70. The molecule has 136 valence electrons. The number of unbranched alkanes of at least 4 members (excludes halogenated alkanes) is 2. The van der Waals surface area contributed by atoms with Crippen molar-refractivity contribution in [2.75, 3.05) is 19.8 Å². The molecule has 0 aromatic rings. The minimum absolute atomic E-state index is 0.405. The van der Waals surface area contributed by atoms with E-state index in [2.05, 4.69) is 13.8 Å². The summed E-state index contributed by atoms with van der Waals surface area (Å²) in [5.41, 5.74) is 0. The Morgan fingerprint density at radius 3 is 1.41 bits per heavy atom. The SMILES string of the molecule is CCC[CH2][SnH]([CH2]CCC)[O][SnH3].CCO[Si](O)(OCC)OCC.